The molecule has 0 radical (unpaired) electrons. The number of nitrogens with one attached hydrogen (secondary N) is 1. The van der Waals surface area contributed by atoms with Crippen molar-refractivity contribution in [2.45, 2.75) is 51.8 Å². The van der Waals surface area contributed by atoms with Crippen LogP contribution in [0, 0.1) is 0 Å². The van der Waals surface area contributed by atoms with Crippen LogP contribution in [0.25, 0.3) is 22.2 Å². The van der Waals surface area contributed by atoms with Crippen LogP contribution in [-0.4, -0.2) is 32.3 Å². The number of nitrogen functional groups attached to an aromatic ring is 1. The van der Waals surface area contributed by atoms with Crippen molar-refractivity contribution in [1.82, 2.24) is 19.9 Å². The lowest BCUT2D eigenvalue weighted by molar-refractivity contribution is 0.0498. The second-order valence-corrected chi connectivity index (χ2v) is 9.81. The molecule has 8 heteroatoms. The molecular formula is C27H29N5O3. The fourth-order valence-electron chi connectivity index (χ4n) is 4.65. The molecule has 0 saturated heterocycles. The molecule has 2 aromatic heterocycles. The van der Waals surface area contributed by atoms with E-state index in [1.165, 1.54) is 6.33 Å². The van der Waals surface area contributed by atoms with Crippen LogP contribution in [0.2, 0.25) is 0 Å². The number of anilines is 1. The van der Waals surface area contributed by atoms with Gasteiger partial charge in [-0.15, -0.1) is 0 Å². The maximum Gasteiger partial charge on any atom is 0.407 e. The summed E-state index contributed by atoms with van der Waals surface area (Å²) in [5.74, 6) is 1.95. The quantitative estimate of drug-likeness (QED) is 0.408. The van der Waals surface area contributed by atoms with Crippen molar-refractivity contribution >= 4 is 22.9 Å². The molecule has 1 aliphatic rings. The van der Waals surface area contributed by atoms with Crippen LogP contribution in [0.3, 0.4) is 0 Å². The molecule has 4 aromatic rings. The van der Waals surface area contributed by atoms with E-state index in [0.29, 0.717) is 12.4 Å². The van der Waals surface area contributed by atoms with Crippen molar-refractivity contribution in [3.8, 4) is 22.6 Å². The minimum atomic E-state index is -0.565. The van der Waals surface area contributed by atoms with Crippen LogP contribution in [0.4, 0.5) is 10.6 Å². The highest BCUT2D eigenvalue weighted by atomic mass is 16.6. The minimum Gasteiger partial charge on any atom is -0.457 e. The van der Waals surface area contributed by atoms with Crippen molar-refractivity contribution in [2.75, 3.05) is 5.73 Å². The Hall–Kier alpha value is -4.07. The topological polar surface area (TPSA) is 104 Å². The van der Waals surface area contributed by atoms with Crippen molar-refractivity contribution in [1.29, 1.82) is 0 Å². The Labute approximate surface area is 204 Å². The van der Waals surface area contributed by atoms with Gasteiger partial charge in [-0.2, -0.15) is 0 Å². The Morgan fingerprint density at radius 1 is 1.06 bits per heavy atom. The Morgan fingerprint density at radius 3 is 2.43 bits per heavy atom. The first kappa shape index (κ1) is 22.7. The van der Waals surface area contributed by atoms with E-state index in [-0.39, 0.29) is 12.0 Å². The summed E-state index contributed by atoms with van der Waals surface area (Å²) >= 11 is 0. The van der Waals surface area contributed by atoms with E-state index < -0.39 is 11.7 Å². The highest BCUT2D eigenvalue weighted by Gasteiger charge is 2.37. The monoisotopic (exact) mass is 471 g/mol. The Kier molecular flexibility index (Phi) is 5.59. The summed E-state index contributed by atoms with van der Waals surface area (Å²) in [6.07, 6.45) is 1.05. The fourth-order valence-corrected chi connectivity index (χ4v) is 4.65. The van der Waals surface area contributed by atoms with Crippen LogP contribution >= 0.6 is 0 Å². The van der Waals surface area contributed by atoms with Crippen molar-refractivity contribution in [2.24, 2.45) is 0 Å². The van der Waals surface area contributed by atoms with Gasteiger partial charge in [0.25, 0.3) is 0 Å². The molecule has 1 unspecified atom stereocenters. The van der Waals surface area contributed by atoms with Gasteiger partial charge in [-0.3, -0.25) is 0 Å². The number of fused-ring (bicyclic) bond motifs is 3. The summed E-state index contributed by atoms with van der Waals surface area (Å²) in [5.41, 5.74) is 9.55. The van der Waals surface area contributed by atoms with Gasteiger partial charge in [-0.05, 0) is 50.6 Å². The van der Waals surface area contributed by atoms with E-state index in [9.17, 15) is 4.79 Å². The van der Waals surface area contributed by atoms with Gasteiger partial charge in [-0.1, -0.05) is 37.3 Å². The fraction of sp³-hybridized carbons (Fsp3) is 0.296. The number of hydrogen-bond acceptors (Lipinski definition) is 6. The van der Waals surface area contributed by atoms with Gasteiger partial charge < -0.3 is 25.1 Å². The van der Waals surface area contributed by atoms with Crippen molar-refractivity contribution < 1.29 is 14.3 Å². The van der Waals surface area contributed by atoms with Gasteiger partial charge in [-0.25, -0.2) is 14.8 Å². The second kappa shape index (κ2) is 8.61. The number of nitrogens with two attached hydrogens (primary N) is 1. The number of ether oxygens (including phenoxy) is 2. The van der Waals surface area contributed by atoms with Gasteiger partial charge in [0.05, 0.1) is 11.4 Å². The molecular weight excluding hydrogens is 442 g/mol. The van der Waals surface area contributed by atoms with E-state index in [1.807, 2.05) is 75.4 Å². The van der Waals surface area contributed by atoms with E-state index in [4.69, 9.17) is 15.2 Å². The molecule has 3 N–H and O–H groups in total. The Bertz CT molecular complexity index is 1370. The van der Waals surface area contributed by atoms with Gasteiger partial charge >= 0.3 is 6.09 Å². The van der Waals surface area contributed by atoms with Crippen LogP contribution in [0.5, 0.6) is 11.5 Å². The predicted octanol–water partition coefficient (Wildman–Crippen LogP) is 5.48. The van der Waals surface area contributed by atoms with Crippen LogP contribution < -0.4 is 15.8 Å². The van der Waals surface area contributed by atoms with Crippen molar-refractivity contribution in [3.63, 3.8) is 0 Å². The number of hydrogen-bond donors (Lipinski definition) is 2. The number of rotatable bonds is 4. The lowest BCUT2D eigenvalue weighted by Gasteiger charge is -2.23. The highest BCUT2D eigenvalue weighted by molar-refractivity contribution is 6.03. The maximum atomic E-state index is 12.5. The number of carbonyl (C=O) groups is 1. The van der Waals surface area contributed by atoms with Gasteiger partial charge in [0.15, 0.2) is 0 Å². The molecule has 1 aliphatic heterocycles. The first-order valence-electron chi connectivity index (χ1n) is 11.7. The lowest BCUT2D eigenvalue weighted by atomic mass is 9.93. The van der Waals surface area contributed by atoms with Crippen LogP contribution in [0.1, 0.15) is 39.3 Å². The summed E-state index contributed by atoms with van der Waals surface area (Å²) in [6.45, 7) is 8.22. The Morgan fingerprint density at radius 2 is 1.74 bits per heavy atom. The molecule has 3 heterocycles. The zero-order valence-corrected chi connectivity index (χ0v) is 20.3. The molecule has 1 amide bonds. The first-order chi connectivity index (χ1) is 16.7. The van der Waals surface area contributed by atoms with E-state index >= 15 is 0 Å². The first-order valence-corrected chi connectivity index (χ1v) is 11.7. The number of benzene rings is 2. The predicted molar refractivity (Wildman–Crippen MR) is 135 cm³/mol. The molecule has 180 valence electrons. The number of aromatic nitrogens is 3. The summed E-state index contributed by atoms with van der Waals surface area (Å²) in [4.78, 5) is 21.3. The van der Waals surface area contributed by atoms with Gasteiger partial charge in [0.1, 0.15) is 34.9 Å². The van der Waals surface area contributed by atoms with E-state index in [2.05, 4.69) is 26.8 Å². The molecule has 0 saturated carbocycles. The molecule has 5 rings (SSSR count). The third-order valence-electron chi connectivity index (χ3n) is 6.15. The molecule has 0 aliphatic carbocycles. The standard InChI is InChI=1S/C27H29N5O3/c1-16-20(31-26(33)35-27(2,3)4)14-32-23(16)21(22-24(28)29-15-30-25(22)32)17-10-12-19(13-11-17)34-18-8-6-5-7-9-18/h5-13,15-16,20H,14H2,1-4H3,(H,31,33)(H2,28,29,30)/t16?,20-/m0/s1. The average molecular weight is 472 g/mol. The minimum absolute atomic E-state index is 0.00589. The maximum absolute atomic E-state index is 12.5. The summed E-state index contributed by atoms with van der Waals surface area (Å²) in [7, 11) is 0. The third-order valence-corrected chi connectivity index (χ3v) is 6.15. The van der Waals surface area contributed by atoms with E-state index in [1.54, 1.807) is 0 Å². The van der Waals surface area contributed by atoms with E-state index in [0.717, 1.165) is 39.4 Å². The van der Waals surface area contributed by atoms with Gasteiger partial charge in [0, 0.05) is 23.7 Å². The zero-order chi connectivity index (χ0) is 24.7. The summed E-state index contributed by atoms with van der Waals surface area (Å²) in [6, 6.07) is 17.4. The van der Waals surface area contributed by atoms with Crippen LogP contribution in [0.15, 0.2) is 60.9 Å². The normalized spacial score (nSPS) is 17.3. The lowest BCUT2D eigenvalue weighted by Crippen LogP contribution is -2.41. The highest BCUT2D eigenvalue weighted by Crippen LogP contribution is 2.45. The molecule has 2 aromatic carbocycles. The van der Waals surface area contributed by atoms with Crippen LogP contribution in [-0.2, 0) is 11.3 Å². The largest absolute Gasteiger partial charge is 0.457 e. The van der Waals surface area contributed by atoms with Crippen molar-refractivity contribution in [3.05, 3.63) is 66.6 Å². The smallest absolute Gasteiger partial charge is 0.407 e. The second-order valence-electron chi connectivity index (χ2n) is 9.81. The number of alkyl carbamates (subject to hydrolysis) is 1. The summed E-state index contributed by atoms with van der Waals surface area (Å²) < 4.78 is 13.6. The molecule has 8 nitrogen and oxygen atoms in total. The zero-order valence-electron chi connectivity index (χ0n) is 20.3. The molecule has 35 heavy (non-hydrogen) atoms. The molecule has 0 spiro atoms. The number of amides is 1. The number of carbonyl (C=O) groups excluding carboxylic acids is 1. The average Bonchev–Trinajstić information content (AvgIpc) is 3.29. The molecule has 0 fully saturated rings. The number of para-hydroxylation sites is 1. The Balaban J connectivity index is 1.51. The van der Waals surface area contributed by atoms with Gasteiger partial charge in [0.2, 0.25) is 0 Å². The summed E-state index contributed by atoms with van der Waals surface area (Å²) in [5, 5.41) is 3.86. The number of nitrogens with zero attached hydrogens (tertiary/aromatic N) is 3. The third kappa shape index (κ3) is 4.39. The SMILES string of the molecule is CC1c2c(-c3ccc(Oc4ccccc4)cc3)c3c(N)ncnc3n2C[C@@H]1NC(=O)OC(C)(C)C. The molecule has 0 bridgehead atoms. The molecule has 2 atom stereocenters.